The van der Waals surface area contributed by atoms with Gasteiger partial charge in [0.05, 0.1) is 0 Å². The summed E-state index contributed by atoms with van der Waals surface area (Å²) < 4.78 is 0. The summed E-state index contributed by atoms with van der Waals surface area (Å²) in [4.78, 5) is 20.2. The maximum atomic E-state index is 12.3. The third-order valence-electron chi connectivity index (χ3n) is 3.43. The van der Waals surface area contributed by atoms with Crippen molar-refractivity contribution in [2.75, 3.05) is 39.5 Å². The van der Waals surface area contributed by atoms with E-state index in [0.29, 0.717) is 11.5 Å². The van der Waals surface area contributed by atoms with Gasteiger partial charge in [0.2, 0.25) is 0 Å². The Labute approximate surface area is 118 Å². The summed E-state index contributed by atoms with van der Waals surface area (Å²) in [7, 11) is 3.91. The number of rotatable bonds is 3. The Morgan fingerprint density at radius 3 is 2.95 bits per heavy atom. The van der Waals surface area contributed by atoms with Gasteiger partial charge in [-0.3, -0.25) is 4.79 Å². The van der Waals surface area contributed by atoms with Gasteiger partial charge >= 0.3 is 0 Å². The highest BCUT2D eigenvalue weighted by Gasteiger charge is 2.23. The minimum atomic E-state index is -0.0643. The van der Waals surface area contributed by atoms with Crippen molar-refractivity contribution in [3.8, 4) is 0 Å². The lowest BCUT2D eigenvalue weighted by Gasteiger charge is -2.21. The predicted molar refractivity (Wildman–Crippen MR) is 76.2 cm³/mol. The van der Waals surface area contributed by atoms with Gasteiger partial charge < -0.3 is 15.5 Å². The third-order valence-corrected chi connectivity index (χ3v) is 3.62. The lowest BCUT2D eigenvalue weighted by molar-refractivity contribution is 0.0774. The van der Waals surface area contributed by atoms with Crippen LogP contribution in [0.25, 0.3) is 0 Å². The van der Waals surface area contributed by atoms with Crippen molar-refractivity contribution in [1.82, 2.24) is 14.8 Å². The SMILES string of the molecule is CN1CCC(CN(C)C(=O)c2cc(N)nc(Cl)c2)C1. The highest BCUT2D eigenvalue weighted by molar-refractivity contribution is 6.29. The number of amides is 1. The van der Waals surface area contributed by atoms with Gasteiger partial charge in [0.15, 0.2) is 0 Å². The van der Waals surface area contributed by atoms with Crippen LogP contribution >= 0.6 is 11.6 Å². The average molecular weight is 283 g/mol. The number of hydrogen-bond acceptors (Lipinski definition) is 4. The lowest BCUT2D eigenvalue weighted by atomic mass is 10.1. The number of halogens is 1. The fraction of sp³-hybridized carbons (Fsp3) is 0.538. The van der Waals surface area contributed by atoms with Crippen molar-refractivity contribution in [2.24, 2.45) is 5.92 Å². The molecule has 6 heteroatoms. The summed E-state index contributed by atoms with van der Waals surface area (Å²) in [6, 6.07) is 3.11. The van der Waals surface area contributed by atoms with Gasteiger partial charge in [-0.05, 0) is 38.1 Å². The molecule has 19 heavy (non-hydrogen) atoms. The number of carbonyl (C=O) groups is 1. The number of nitrogens with zero attached hydrogens (tertiary/aromatic N) is 3. The summed E-state index contributed by atoms with van der Waals surface area (Å²) in [5.41, 5.74) is 6.10. The van der Waals surface area contributed by atoms with E-state index >= 15 is 0 Å². The highest BCUT2D eigenvalue weighted by Crippen LogP contribution is 2.18. The van der Waals surface area contributed by atoms with E-state index in [1.165, 1.54) is 0 Å². The van der Waals surface area contributed by atoms with Crippen LogP contribution in [0.2, 0.25) is 5.15 Å². The molecule has 0 saturated carbocycles. The van der Waals surface area contributed by atoms with Gasteiger partial charge in [0.1, 0.15) is 11.0 Å². The molecule has 1 aromatic rings. The molecule has 1 unspecified atom stereocenters. The first-order chi connectivity index (χ1) is 8.95. The molecule has 1 amide bonds. The molecule has 0 aromatic carbocycles. The van der Waals surface area contributed by atoms with Crippen LogP contribution in [0, 0.1) is 5.92 Å². The topological polar surface area (TPSA) is 62.5 Å². The Morgan fingerprint density at radius 1 is 1.63 bits per heavy atom. The van der Waals surface area contributed by atoms with Crippen LogP contribution in [0.5, 0.6) is 0 Å². The second-order valence-electron chi connectivity index (χ2n) is 5.21. The molecule has 1 aliphatic heterocycles. The second kappa shape index (κ2) is 5.75. The molecular weight excluding hydrogens is 264 g/mol. The Kier molecular flexibility index (Phi) is 4.27. The van der Waals surface area contributed by atoms with Gasteiger partial charge in [-0.2, -0.15) is 0 Å². The van der Waals surface area contributed by atoms with Gasteiger partial charge in [0.25, 0.3) is 5.91 Å². The number of hydrogen-bond donors (Lipinski definition) is 1. The first-order valence-corrected chi connectivity index (χ1v) is 6.70. The minimum Gasteiger partial charge on any atom is -0.384 e. The molecule has 1 saturated heterocycles. The largest absolute Gasteiger partial charge is 0.384 e. The molecule has 0 spiro atoms. The number of pyridine rings is 1. The monoisotopic (exact) mass is 282 g/mol. The van der Waals surface area contributed by atoms with Crippen molar-refractivity contribution in [2.45, 2.75) is 6.42 Å². The normalized spacial score (nSPS) is 19.6. The van der Waals surface area contributed by atoms with Crippen LogP contribution in [0.1, 0.15) is 16.8 Å². The smallest absolute Gasteiger partial charge is 0.253 e. The number of anilines is 1. The average Bonchev–Trinajstić information content (AvgIpc) is 2.72. The molecule has 5 nitrogen and oxygen atoms in total. The predicted octanol–water partition coefficient (Wildman–Crippen LogP) is 1.34. The number of nitrogen functional groups attached to an aromatic ring is 1. The van der Waals surface area contributed by atoms with E-state index in [1.54, 1.807) is 17.0 Å². The summed E-state index contributed by atoms with van der Waals surface area (Å²) in [6.07, 6.45) is 1.13. The van der Waals surface area contributed by atoms with Crippen LogP contribution in [0.4, 0.5) is 5.82 Å². The maximum absolute atomic E-state index is 12.3. The maximum Gasteiger partial charge on any atom is 0.253 e. The van der Waals surface area contributed by atoms with Gasteiger partial charge in [0, 0.05) is 25.7 Å². The Balaban J connectivity index is 2.02. The van der Waals surface area contributed by atoms with Gasteiger partial charge in [-0.15, -0.1) is 0 Å². The molecule has 2 N–H and O–H groups in total. The quantitative estimate of drug-likeness (QED) is 0.850. The lowest BCUT2D eigenvalue weighted by Crippen LogP contribution is -2.32. The minimum absolute atomic E-state index is 0.0643. The molecule has 1 fully saturated rings. The standard InChI is InChI=1S/C13H19ClN4O/c1-17-4-3-9(7-17)8-18(2)13(19)10-5-11(14)16-12(15)6-10/h5-6,9H,3-4,7-8H2,1-2H3,(H2,15,16). The van der Waals surface area contributed by atoms with Crippen molar-refractivity contribution >= 4 is 23.3 Å². The van der Waals surface area contributed by atoms with E-state index in [9.17, 15) is 4.79 Å². The van der Waals surface area contributed by atoms with E-state index in [4.69, 9.17) is 17.3 Å². The summed E-state index contributed by atoms with van der Waals surface area (Å²) >= 11 is 5.82. The zero-order chi connectivity index (χ0) is 14.0. The zero-order valence-electron chi connectivity index (χ0n) is 11.3. The molecule has 104 valence electrons. The summed E-state index contributed by atoms with van der Waals surface area (Å²) in [6.45, 7) is 2.89. The fourth-order valence-electron chi connectivity index (χ4n) is 2.51. The van der Waals surface area contributed by atoms with Gasteiger partial charge in [-0.25, -0.2) is 4.98 Å². The number of aromatic nitrogens is 1. The molecule has 0 radical (unpaired) electrons. The van der Waals surface area contributed by atoms with Crippen LogP contribution in [-0.2, 0) is 0 Å². The molecule has 1 aliphatic rings. The summed E-state index contributed by atoms with van der Waals surface area (Å²) in [5, 5.41) is 0.248. The Bertz CT molecular complexity index is 459. The van der Waals surface area contributed by atoms with Crippen LogP contribution in [-0.4, -0.2) is 54.4 Å². The fourth-order valence-corrected chi connectivity index (χ4v) is 2.72. The zero-order valence-corrected chi connectivity index (χ0v) is 12.0. The van der Waals surface area contributed by atoms with E-state index in [-0.39, 0.29) is 16.9 Å². The highest BCUT2D eigenvalue weighted by atomic mass is 35.5. The Morgan fingerprint density at radius 2 is 2.37 bits per heavy atom. The molecular formula is C13H19ClN4O. The van der Waals surface area contributed by atoms with E-state index in [0.717, 1.165) is 26.1 Å². The molecule has 2 heterocycles. The van der Waals surface area contributed by atoms with Crippen LogP contribution < -0.4 is 5.73 Å². The number of carbonyl (C=O) groups excluding carboxylic acids is 1. The third kappa shape index (κ3) is 3.58. The summed E-state index contributed by atoms with van der Waals surface area (Å²) in [5.74, 6) is 0.740. The molecule has 1 aromatic heterocycles. The first-order valence-electron chi connectivity index (χ1n) is 6.33. The second-order valence-corrected chi connectivity index (χ2v) is 5.59. The van der Waals surface area contributed by atoms with Crippen LogP contribution in [0.15, 0.2) is 12.1 Å². The van der Waals surface area contributed by atoms with E-state index in [1.807, 2.05) is 7.05 Å². The van der Waals surface area contributed by atoms with Crippen molar-refractivity contribution in [1.29, 1.82) is 0 Å². The molecule has 0 aliphatic carbocycles. The van der Waals surface area contributed by atoms with Crippen molar-refractivity contribution < 1.29 is 4.79 Å². The first kappa shape index (κ1) is 14.1. The molecule has 1 atom stereocenters. The van der Waals surface area contributed by atoms with Crippen molar-refractivity contribution in [3.05, 3.63) is 22.8 Å². The van der Waals surface area contributed by atoms with Crippen molar-refractivity contribution in [3.63, 3.8) is 0 Å². The number of likely N-dealkylation sites (tertiary alicyclic amines) is 1. The van der Waals surface area contributed by atoms with Gasteiger partial charge in [-0.1, -0.05) is 11.6 Å². The molecule has 0 bridgehead atoms. The molecule has 2 rings (SSSR count). The van der Waals surface area contributed by atoms with E-state index < -0.39 is 0 Å². The number of nitrogens with two attached hydrogens (primary N) is 1. The van der Waals surface area contributed by atoms with Crippen LogP contribution in [0.3, 0.4) is 0 Å². The van der Waals surface area contributed by atoms with E-state index in [2.05, 4.69) is 16.9 Å². The Hall–Kier alpha value is -1.33.